The summed E-state index contributed by atoms with van der Waals surface area (Å²) in [5.41, 5.74) is 1.15. The molecule has 0 N–H and O–H groups in total. The zero-order valence-corrected chi connectivity index (χ0v) is 19.4. The molecule has 1 aliphatic rings. The van der Waals surface area contributed by atoms with E-state index in [1.165, 1.54) is 33.2 Å². The highest BCUT2D eigenvalue weighted by molar-refractivity contribution is 8.27. The van der Waals surface area contributed by atoms with Crippen molar-refractivity contribution in [2.45, 2.75) is 6.92 Å². The largest absolute Gasteiger partial charge is 0.495 e. The number of carbonyl (C=O) groups is 2. The molecule has 0 saturated carbocycles. The second-order valence-electron chi connectivity index (χ2n) is 6.18. The number of thioether (sulfide) groups is 1. The molecule has 0 spiro atoms. The van der Waals surface area contributed by atoms with E-state index in [-0.39, 0.29) is 11.7 Å². The normalized spacial score (nSPS) is 14.7. The number of benzene rings is 2. The zero-order valence-electron chi connectivity index (χ0n) is 17.1. The minimum Gasteiger partial charge on any atom is -0.495 e. The van der Waals surface area contributed by atoms with Crippen LogP contribution in [0.2, 0.25) is 5.02 Å². The standard InChI is InChI=1S/C21H18ClNO6S2/c1-11(24)29-19-16(27-3)7-12(8-17(19)28-4)9-18-20(25)23(21(30)31-18)13-5-6-15(26-2)14(22)10-13/h5-10H,1-4H3. The lowest BCUT2D eigenvalue weighted by molar-refractivity contribution is -0.132. The van der Waals surface area contributed by atoms with Crippen LogP contribution in [0.25, 0.3) is 6.08 Å². The van der Waals surface area contributed by atoms with Crippen LogP contribution in [0.5, 0.6) is 23.0 Å². The lowest BCUT2D eigenvalue weighted by Crippen LogP contribution is -2.27. The van der Waals surface area contributed by atoms with Crippen LogP contribution >= 0.6 is 35.6 Å². The van der Waals surface area contributed by atoms with Crippen LogP contribution in [0.15, 0.2) is 35.2 Å². The van der Waals surface area contributed by atoms with Gasteiger partial charge in [-0.15, -0.1) is 0 Å². The molecule has 162 valence electrons. The fraction of sp³-hybridized carbons (Fsp3) is 0.190. The number of amides is 1. The molecular formula is C21H18ClNO6S2. The molecule has 7 nitrogen and oxygen atoms in total. The van der Waals surface area contributed by atoms with Gasteiger partial charge < -0.3 is 18.9 Å². The number of nitrogens with zero attached hydrogens (tertiary/aromatic N) is 1. The third-order valence-corrected chi connectivity index (χ3v) is 5.81. The van der Waals surface area contributed by atoms with Gasteiger partial charge in [0.25, 0.3) is 5.91 Å². The first-order valence-electron chi connectivity index (χ1n) is 8.85. The lowest BCUT2D eigenvalue weighted by atomic mass is 10.1. The highest BCUT2D eigenvalue weighted by Gasteiger charge is 2.33. The molecule has 0 atom stereocenters. The van der Waals surface area contributed by atoms with Gasteiger partial charge in [0.2, 0.25) is 5.75 Å². The third-order valence-electron chi connectivity index (χ3n) is 4.21. The van der Waals surface area contributed by atoms with Gasteiger partial charge in [-0.05, 0) is 42.0 Å². The van der Waals surface area contributed by atoms with E-state index in [1.54, 1.807) is 36.4 Å². The number of methoxy groups -OCH3 is 3. The SMILES string of the molecule is COc1ccc(N2C(=O)C(=Cc3cc(OC)c(OC(C)=O)c(OC)c3)SC2=S)cc1Cl. The van der Waals surface area contributed by atoms with Crippen molar-refractivity contribution < 1.29 is 28.5 Å². The van der Waals surface area contributed by atoms with E-state index >= 15 is 0 Å². The van der Waals surface area contributed by atoms with E-state index in [4.69, 9.17) is 42.8 Å². The molecule has 1 heterocycles. The van der Waals surface area contributed by atoms with E-state index in [9.17, 15) is 9.59 Å². The quantitative estimate of drug-likeness (QED) is 0.255. The Balaban J connectivity index is 1.97. The maximum absolute atomic E-state index is 13.1. The van der Waals surface area contributed by atoms with Crippen molar-refractivity contribution in [2.75, 3.05) is 26.2 Å². The van der Waals surface area contributed by atoms with Gasteiger partial charge in [0.1, 0.15) is 5.75 Å². The molecule has 1 amide bonds. The topological polar surface area (TPSA) is 74.3 Å². The average Bonchev–Trinajstić information content (AvgIpc) is 3.01. The van der Waals surface area contributed by atoms with Crippen LogP contribution in [0, 0.1) is 0 Å². The van der Waals surface area contributed by atoms with Gasteiger partial charge in [-0.1, -0.05) is 35.6 Å². The molecule has 2 aromatic rings. The second-order valence-corrected chi connectivity index (χ2v) is 8.27. The summed E-state index contributed by atoms with van der Waals surface area (Å²) >= 11 is 12.8. The Bertz CT molecular complexity index is 1080. The van der Waals surface area contributed by atoms with Crippen molar-refractivity contribution >= 4 is 63.5 Å². The van der Waals surface area contributed by atoms with Gasteiger partial charge in [-0.3, -0.25) is 14.5 Å². The first-order valence-corrected chi connectivity index (χ1v) is 10.4. The number of rotatable bonds is 6. The van der Waals surface area contributed by atoms with Gasteiger partial charge in [-0.2, -0.15) is 0 Å². The minimum atomic E-state index is -0.511. The van der Waals surface area contributed by atoms with E-state index < -0.39 is 5.97 Å². The van der Waals surface area contributed by atoms with Crippen LogP contribution in [0.1, 0.15) is 12.5 Å². The Kier molecular flexibility index (Phi) is 7.09. The Morgan fingerprint density at radius 2 is 1.68 bits per heavy atom. The first kappa shape index (κ1) is 22.9. The zero-order chi connectivity index (χ0) is 22.7. The van der Waals surface area contributed by atoms with Gasteiger partial charge in [0, 0.05) is 6.92 Å². The third kappa shape index (κ3) is 4.79. The molecule has 0 aliphatic carbocycles. The summed E-state index contributed by atoms with van der Waals surface area (Å²) < 4.78 is 21.4. The molecule has 0 aromatic heterocycles. The lowest BCUT2D eigenvalue weighted by Gasteiger charge is -2.16. The van der Waals surface area contributed by atoms with Crippen LogP contribution in [-0.2, 0) is 9.59 Å². The van der Waals surface area contributed by atoms with Crippen molar-refractivity contribution in [1.82, 2.24) is 0 Å². The van der Waals surface area contributed by atoms with Crippen molar-refractivity contribution in [3.05, 3.63) is 45.8 Å². The molecular weight excluding hydrogens is 462 g/mol. The monoisotopic (exact) mass is 479 g/mol. The number of hydrogen-bond donors (Lipinski definition) is 0. The van der Waals surface area contributed by atoms with Crippen LogP contribution in [0.4, 0.5) is 5.69 Å². The number of halogens is 1. The molecule has 31 heavy (non-hydrogen) atoms. The maximum Gasteiger partial charge on any atom is 0.308 e. The average molecular weight is 480 g/mol. The predicted molar refractivity (Wildman–Crippen MR) is 125 cm³/mol. The smallest absolute Gasteiger partial charge is 0.308 e. The summed E-state index contributed by atoms with van der Waals surface area (Å²) in [7, 11) is 4.40. The molecule has 3 rings (SSSR count). The number of carbonyl (C=O) groups excluding carboxylic acids is 2. The number of ether oxygens (including phenoxy) is 4. The Morgan fingerprint density at radius 1 is 1.06 bits per heavy atom. The van der Waals surface area contributed by atoms with E-state index in [0.717, 1.165) is 11.8 Å². The Morgan fingerprint density at radius 3 is 2.19 bits per heavy atom. The summed E-state index contributed by atoms with van der Waals surface area (Å²) in [5.74, 6) is 0.437. The highest BCUT2D eigenvalue weighted by atomic mass is 35.5. The summed E-state index contributed by atoms with van der Waals surface area (Å²) in [6.45, 7) is 1.28. The van der Waals surface area contributed by atoms with Gasteiger partial charge in [0.05, 0.1) is 36.9 Å². The van der Waals surface area contributed by atoms with Gasteiger partial charge in [-0.25, -0.2) is 0 Å². The summed E-state index contributed by atoms with van der Waals surface area (Å²) in [4.78, 5) is 26.3. The molecule has 1 saturated heterocycles. The number of hydrogen-bond acceptors (Lipinski definition) is 8. The van der Waals surface area contributed by atoms with E-state index in [1.807, 2.05) is 0 Å². The van der Waals surface area contributed by atoms with Gasteiger partial charge >= 0.3 is 5.97 Å². The maximum atomic E-state index is 13.1. The fourth-order valence-corrected chi connectivity index (χ4v) is 4.41. The first-order chi connectivity index (χ1) is 14.8. The highest BCUT2D eigenvalue weighted by Crippen LogP contribution is 2.42. The number of esters is 1. The van der Waals surface area contributed by atoms with Crippen LogP contribution in [0.3, 0.4) is 0 Å². The molecule has 1 fully saturated rings. The summed E-state index contributed by atoms with van der Waals surface area (Å²) in [5, 5.41) is 0.369. The van der Waals surface area contributed by atoms with Crippen LogP contribution < -0.4 is 23.8 Å². The molecule has 10 heteroatoms. The predicted octanol–water partition coefficient (Wildman–Crippen LogP) is 4.70. The second kappa shape index (κ2) is 9.59. The molecule has 2 aromatic carbocycles. The molecule has 0 bridgehead atoms. The van der Waals surface area contributed by atoms with E-state index in [0.29, 0.717) is 42.7 Å². The molecule has 0 radical (unpaired) electrons. The van der Waals surface area contributed by atoms with Gasteiger partial charge in [0.15, 0.2) is 15.8 Å². The summed E-state index contributed by atoms with van der Waals surface area (Å²) in [6, 6.07) is 8.27. The van der Waals surface area contributed by atoms with E-state index in [2.05, 4.69) is 0 Å². The van der Waals surface area contributed by atoms with Crippen molar-refractivity contribution in [3.8, 4) is 23.0 Å². The minimum absolute atomic E-state index is 0.162. The Hall–Kier alpha value is -2.75. The molecule has 1 aliphatic heterocycles. The van der Waals surface area contributed by atoms with Crippen molar-refractivity contribution in [3.63, 3.8) is 0 Å². The van der Waals surface area contributed by atoms with Crippen LogP contribution in [-0.4, -0.2) is 37.5 Å². The van der Waals surface area contributed by atoms with Crippen molar-refractivity contribution in [2.24, 2.45) is 0 Å². The summed E-state index contributed by atoms with van der Waals surface area (Å²) in [6.07, 6.45) is 1.66. The molecule has 0 unspecified atom stereocenters. The number of thiocarbonyl (C=S) groups is 1. The Labute approximate surface area is 193 Å². The van der Waals surface area contributed by atoms with Crippen molar-refractivity contribution in [1.29, 1.82) is 0 Å². The fourth-order valence-electron chi connectivity index (χ4n) is 2.86. The number of anilines is 1.